The lowest BCUT2D eigenvalue weighted by Crippen LogP contribution is -2.55. The molecule has 35 heavy (non-hydrogen) atoms. The average Bonchev–Trinajstić information content (AvgIpc) is 3.49. The summed E-state index contributed by atoms with van der Waals surface area (Å²) >= 11 is 1.54. The van der Waals surface area contributed by atoms with Crippen LogP contribution in [0.5, 0.6) is 0 Å². The van der Waals surface area contributed by atoms with E-state index in [1.54, 1.807) is 15.9 Å². The van der Waals surface area contributed by atoms with E-state index in [4.69, 9.17) is 0 Å². The molecule has 3 fully saturated rings. The number of rotatable bonds is 9. The first-order valence-corrected chi connectivity index (χ1v) is 13.0. The number of anilines is 1. The first kappa shape index (κ1) is 23.9. The SMILES string of the molecule is C=CCN(C(=O)C1N(CCCCO)C(=O)[C@@H]2[C@@H](C(=O)O)[C@H]3CCC12S3)c1ccc2ccccc2c1. The van der Waals surface area contributed by atoms with Crippen LogP contribution in [0.1, 0.15) is 25.7 Å². The highest BCUT2D eigenvalue weighted by Gasteiger charge is 2.73. The van der Waals surface area contributed by atoms with Crippen molar-refractivity contribution >= 4 is 46.0 Å². The van der Waals surface area contributed by atoms with Crippen molar-refractivity contribution in [3.8, 4) is 0 Å². The number of hydrogen-bond acceptors (Lipinski definition) is 5. The number of benzene rings is 2. The summed E-state index contributed by atoms with van der Waals surface area (Å²) in [6.45, 7) is 4.46. The lowest BCUT2D eigenvalue weighted by Gasteiger charge is -2.37. The van der Waals surface area contributed by atoms with Gasteiger partial charge in [-0.2, -0.15) is 0 Å². The lowest BCUT2D eigenvalue weighted by molar-refractivity contribution is -0.148. The molecule has 7 nitrogen and oxygen atoms in total. The molecule has 2 aromatic carbocycles. The molecule has 2 amide bonds. The van der Waals surface area contributed by atoms with Crippen molar-refractivity contribution in [3.05, 3.63) is 55.1 Å². The van der Waals surface area contributed by atoms with E-state index < -0.39 is 28.6 Å². The predicted octanol–water partition coefficient (Wildman–Crippen LogP) is 3.31. The summed E-state index contributed by atoms with van der Waals surface area (Å²) in [5.41, 5.74) is 0.725. The summed E-state index contributed by atoms with van der Waals surface area (Å²) in [7, 11) is 0. The fourth-order valence-electron chi connectivity index (χ4n) is 6.29. The number of aliphatic carboxylic acids is 1. The number of nitrogens with zero attached hydrogens (tertiary/aromatic N) is 2. The van der Waals surface area contributed by atoms with Crippen LogP contribution in [0.3, 0.4) is 0 Å². The summed E-state index contributed by atoms with van der Waals surface area (Å²) in [5, 5.41) is 21.2. The predicted molar refractivity (Wildman–Crippen MR) is 136 cm³/mol. The van der Waals surface area contributed by atoms with Crippen LogP contribution in [-0.4, -0.2) is 68.6 Å². The third kappa shape index (κ3) is 3.74. The first-order chi connectivity index (χ1) is 16.9. The average molecular weight is 495 g/mol. The number of thioether (sulfide) groups is 1. The van der Waals surface area contributed by atoms with E-state index in [9.17, 15) is 24.6 Å². The van der Waals surface area contributed by atoms with Gasteiger partial charge in [-0.15, -0.1) is 18.3 Å². The fourth-order valence-corrected chi connectivity index (χ4v) is 8.50. The van der Waals surface area contributed by atoms with E-state index in [1.807, 2.05) is 42.5 Å². The highest BCUT2D eigenvalue weighted by molar-refractivity contribution is 8.02. The number of likely N-dealkylation sites (tertiary alicyclic amines) is 1. The fraction of sp³-hybridized carbons (Fsp3) is 0.444. The number of hydrogen-bond donors (Lipinski definition) is 2. The van der Waals surface area contributed by atoms with Gasteiger partial charge in [0.1, 0.15) is 6.04 Å². The van der Waals surface area contributed by atoms with Gasteiger partial charge in [0.25, 0.3) is 5.91 Å². The van der Waals surface area contributed by atoms with Gasteiger partial charge in [-0.3, -0.25) is 14.4 Å². The van der Waals surface area contributed by atoms with Crippen LogP contribution in [0.25, 0.3) is 10.8 Å². The summed E-state index contributed by atoms with van der Waals surface area (Å²) in [6.07, 6.45) is 4.08. The summed E-state index contributed by atoms with van der Waals surface area (Å²) in [6, 6.07) is 13.0. The minimum Gasteiger partial charge on any atom is -0.481 e. The Labute approximate surface area is 208 Å². The topological polar surface area (TPSA) is 98.2 Å². The second-order valence-electron chi connectivity index (χ2n) is 9.63. The molecule has 8 heteroatoms. The maximum Gasteiger partial charge on any atom is 0.308 e. The number of carbonyl (C=O) groups excluding carboxylic acids is 2. The standard InChI is InChI=1S/C27H30N2O5S/c1-2-13-28(19-10-9-17-7-3-4-8-18(17)16-19)25(32)23-27-12-11-20(35-27)21(26(33)34)22(27)24(31)29(23)14-5-6-15-30/h2-4,7-10,16,20-23,30H,1,5-6,11-15H2,(H,33,34)/t20-,21+,22+,23?,27?/m1/s1. The summed E-state index contributed by atoms with van der Waals surface area (Å²) < 4.78 is -0.739. The van der Waals surface area contributed by atoms with E-state index in [0.717, 1.165) is 16.5 Å². The van der Waals surface area contributed by atoms with Crippen molar-refractivity contribution in [2.24, 2.45) is 11.8 Å². The molecule has 0 aliphatic carbocycles. The zero-order valence-electron chi connectivity index (χ0n) is 19.5. The maximum atomic E-state index is 14.3. The number of carbonyl (C=O) groups is 3. The van der Waals surface area contributed by atoms with E-state index in [0.29, 0.717) is 32.2 Å². The van der Waals surface area contributed by atoms with Crippen LogP contribution in [0.4, 0.5) is 5.69 Å². The van der Waals surface area contributed by atoms with Crippen molar-refractivity contribution in [2.75, 3.05) is 24.6 Å². The Morgan fingerprint density at radius 2 is 1.97 bits per heavy atom. The molecule has 0 saturated carbocycles. The number of aliphatic hydroxyl groups is 1. The van der Waals surface area contributed by atoms with Crippen molar-refractivity contribution in [2.45, 2.75) is 41.7 Å². The normalized spacial score (nSPS) is 28.9. The van der Waals surface area contributed by atoms with E-state index in [-0.39, 0.29) is 30.2 Å². The Balaban J connectivity index is 1.56. The van der Waals surface area contributed by atoms with Gasteiger partial charge < -0.3 is 20.0 Å². The number of aliphatic hydroxyl groups excluding tert-OH is 1. The molecule has 2 aromatic rings. The Kier molecular flexibility index (Phi) is 6.36. The zero-order chi connectivity index (χ0) is 24.7. The molecule has 5 atom stereocenters. The molecule has 3 aliphatic rings. The Morgan fingerprint density at radius 3 is 2.69 bits per heavy atom. The molecule has 2 N–H and O–H groups in total. The molecule has 1 spiro atoms. The Hall–Kier alpha value is -2.84. The van der Waals surface area contributed by atoms with Crippen LogP contribution in [0.15, 0.2) is 55.1 Å². The number of carboxylic acids is 1. The molecular weight excluding hydrogens is 464 g/mol. The summed E-state index contributed by atoms with van der Waals surface area (Å²) in [4.78, 5) is 43.5. The van der Waals surface area contributed by atoms with E-state index in [1.165, 1.54) is 11.8 Å². The van der Waals surface area contributed by atoms with Gasteiger partial charge in [0.05, 0.1) is 16.6 Å². The van der Waals surface area contributed by atoms with Crippen LogP contribution in [0, 0.1) is 11.8 Å². The summed E-state index contributed by atoms with van der Waals surface area (Å²) in [5.74, 6) is -2.86. The minimum absolute atomic E-state index is 0.00344. The second-order valence-corrected chi connectivity index (χ2v) is 11.2. The van der Waals surface area contributed by atoms with Gasteiger partial charge in [-0.05, 0) is 48.6 Å². The largest absolute Gasteiger partial charge is 0.481 e. The molecular formula is C27H30N2O5S. The monoisotopic (exact) mass is 494 g/mol. The van der Waals surface area contributed by atoms with Crippen molar-refractivity contribution in [1.29, 1.82) is 0 Å². The van der Waals surface area contributed by atoms with Crippen LogP contribution in [0.2, 0.25) is 0 Å². The molecule has 3 aliphatic heterocycles. The van der Waals surface area contributed by atoms with E-state index >= 15 is 0 Å². The van der Waals surface area contributed by atoms with Gasteiger partial charge in [-0.25, -0.2) is 0 Å². The quantitative estimate of drug-likeness (QED) is 0.410. The molecule has 2 bridgehead atoms. The van der Waals surface area contributed by atoms with Crippen molar-refractivity contribution < 1.29 is 24.6 Å². The van der Waals surface area contributed by atoms with Gasteiger partial charge >= 0.3 is 5.97 Å². The number of fused-ring (bicyclic) bond motifs is 2. The molecule has 3 heterocycles. The molecule has 3 saturated heterocycles. The minimum atomic E-state index is -0.955. The van der Waals surface area contributed by atoms with Gasteiger partial charge in [-0.1, -0.05) is 36.4 Å². The van der Waals surface area contributed by atoms with Crippen LogP contribution < -0.4 is 4.90 Å². The smallest absolute Gasteiger partial charge is 0.308 e. The molecule has 0 aromatic heterocycles. The maximum absolute atomic E-state index is 14.3. The third-order valence-corrected chi connectivity index (χ3v) is 9.70. The molecule has 0 radical (unpaired) electrons. The molecule has 5 rings (SSSR count). The van der Waals surface area contributed by atoms with Gasteiger partial charge in [0.15, 0.2) is 0 Å². The zero-order valence-corrected chi connectivity index (χ0v) is 20.3. The second kappa shape index (κ2) is 9.32. The van der Waals surface area contributed by atoms with Crippen LogP contribution >= 0.6 is 11.8 Å². The lowest BCUT2D eigenvalue weighted by atomic mass is 9.71. The van der Waals surface area contributed by atoms with Gasteiger partial charge in [0.2, 0.25) is 5.91 Å². The first-order valence-electron chi connectivity index (χ1n) is 12.2. The highest BCUT2D eigenvalue weighted by Crippen LogP contribution is 2.66. The molecule has 2 unspecified atom stereocenters. The Bertz CT molecular complexity index is 1190. The van der Waals surface area contributed by atoms with Gasteiger partial charge in [0, 0.05) is 30.6 Å². The number of amides is 2. The number of unbranched alkanes of at least 4 members (excludes halogenated alkanes) is 1. The molecule has 184 valence electrons. The number of carboxylic acid groups (broad SMARTS) is 1. The van der Waals surface area contributed by atoms with E-state index in [2.05, 4.69) is 6.58 Å². The van der Waals surface area contributed by atoms with Crippen molar-refractivity contribution in [1.82, 2.24) is 4.90 Å². The van der Waals surface area contributed by atoms with Crippen molar-refractivity contribution in [3.63, 3.8) is 0 Å². The third-order valence-electron chi connectivity index (χ3n) is 7.75. The Morgan fingerprint density at radius 1 is 1.20 bits per heavy atom. The van der Waals surface area contributed by atoms with Crippen LogP contribution in [-0.2, 0) is 14.4 Å². The highest BCUT2D eigenvalue weighted by atomic mass is 32.2.